The van der Waals surface area contributed by atoms with Crippen LogP contribution < -0.4 is 15.2 Å². The summed E-state index contributed by atoms with van der Waals surface area (Å²) in [6, 6.07) is 5.69. The lowest BCUT2D eigenvalue weighted by molar-refractivity contribution is -0.135. The van der Waals surface area contributed by atoms with Gasteiger partial charge in [0.25, 0.3) is 0 Å². The third-order valence-electron chi connectivity index (χ3n) is 4.99. The molecule has 1 aliphatic heterocycles. The third kappa shape index (κ3) is 3.41. The molecular weight excluding hydrogens is 330 g/mol. The number of nitrogen functional groups attached to an aromatic ring is 1. The predicted molar refractivity (Wildman–Crippen MR) is 103 cm³/mol. The first-order valence-corrected chi connectivity index (χ1v) is 9.05. The van der Waals surface area contributed by atoms with Crippen LogP contribution in [-0.4, -0.2) is 43.1 Å². The molecule has 1 fully saturated rings. The number of nitrogens with two attached hydrogens (primary N) is 1. The number of hydrogen-bond acceptors (Lipinski definition) is 5. The van der Waals surface area contributed by atoms with E-state index in [0.29, 0.717) is 23.7 Å². The van der Waals surface area contributed by atoms with Crippen LogP contribution >= 0.6 is 0 Å². The molecule has 1 unspecified atom stereocenters. The summed E-state index contributed by atoms with van der Waals surface area (Å²) < 4.78 is 10.7. The third-order valence-corrected chi connectivity index (χ3v) is 4.99. The molecule has 1 aromatic carbocycles. The van der Waals surface area contributed by atoms with Gasteiger partial charge in [-0.1, -0.05) is 13.8 Å². The standard InChI is InChI=1S/C20H27N3O3/c1-12(2)20(24)23-7-5-6-13(11-23)19-15(21)8-14-9-17(25-3)18(26-4)10-16(14)22-19/h8-10,12-13H,5-7,11,21H2,1-4H3. The first-order chi connectivity index (χ1) is 12.4. The fraction of sp³-hybridized carbons (Fsp3) is 0.500. The van der Waals surface area contributed by atoms with E-state index < -0.39 is 0 Å². The lowest BCUT2D eigenvalue weighted by Crippen LogP contribution is -2.41. The molecule has 0 bridgehead atoms. The highest BCUT2D eigenvalue weighted by Gasteiger charge is 2.28. The quantitative estimate of drug-likeness (QED) is 0.909. The van der Waals surface area contributed by atoms with E-state index in [4.69, 9.17) is 20.2 Å². The normalized spacial score (nSPS) is 17.6. The minimum atomic E-state index is 0.00684. The lowest BCUT2D eigenvalue weighted by atomic mass is 9.92. The highest BCUT2D eigenvalue weighted by atomic mass is 16.5. The van der Waals surface area contributed by atoms with Crippen molar-refractivity contribution in [3.63, 3.8) is 0 Å². The van der Waals surface area contributed by atoms with Crippen LogP contribution in [0, 0.1) is 5.92 Å². The number of likely N-dealkylation sites (tertiary alicyclic amines) is 1. The molecule has 0 saturated carbocycles. The molecular formula is C20H27N3O3. The maximum atomic E-state index is 12.4. The van der Waals surface area contributed by atoms with Crippen LogP contribution in [0.1, 0.15) is 38.3 Å². The predicted octanol–water partition coefficient (Wildman–Crippen LogP) is 3.20. The van der Waals surface area contributed by atoms with Crippen LogP contribution in [0.2, 0.25) is 0 Å². The van der Waals surface area contributed by atoms with Crippen molar-refractivity contribution in [2.45, 2.75) is 32.6 Å². The van der Waals surface area contributed by atoms with Crippen molar-refractivity contribution in [1.29, 1.82) is 0 Å². The number of nitrogens with zero attached hydrogens (tertiary/aromatic N) is 2. The number of benzene rings is 1. The minimum Gasteiger partial charge on any atom is -0.493 e. The zero-order valence-electron chi connectivity index (χ0n) is 15.9. The first kappa shape index (κ1) is 18.3. The molecule has 0 radical (unpaired) electrons. The molecule has 1 aromatic heterocycles. The lowest BCUT2D eigenvalue weighted by Gasteiger charge is -2.34. The summed E-state index contributed by atoms with van der Waals surface area (Å²) >= 11 is 0. The summed E-state index contributed by atoms with van der Waals surface area (Å²) in [5.41, 5.74) is 8.67. The van der Waals surface area contributed by atoms with E-state index in [1.807, 2.05) is 36.9 Å². The number of fused-ring (bicyclic) bond motifs is 1. The van der Waals surface area contributed by atoms with E-state index >= 15 is 0 Å². The Morgan fingerprint density at radius 2 is 1.92 bits per heavy atom. The summed E-state index contributed by atoms with van der Waals surface area (Å²) in [4.78, 5) is 19.1. The average Bonchev–Trinajstić information content (AvgIpc) is 2.65. The van der Waals surface area contributed by atoms with Crippen LogP contribution in [0.15, 0.2) is 18.2 Å². The number of carbonyl (C=O) groups is 1. The SMILES string of the molecule is COc1cc2cc(N)c(C3CCCN(C(=O)C(C)C)C3)nc2cc1OC. The Balaban J connectivity index is 1.96. The number of ether oxygens (including phenoxy) is 2. The number of amides is 1. The maximum Gasteiger partial charge on any atom is 0.225 e. The van der Waals surface area contributed by atoms with E-state index in [0.717, 1.165) is 36.0 Å². The highest BCUT2D eigenvalue weighted by molar-refractivity contribution is 5.86. The van der Waals surface area contributed by atoms with E-state index in [9.17, 15) is 4.79 Å². The summed E-state index contributed by atoms with van der Waals surface area (Å²) in [5, 5.41) is 0.912. The second-order valence-corrected chi connectivity index (χ2v) is 7.14. The zero-order chi connectivity index (χ0) is 18.8. The van der Waals surface area contributed by atoms with Crippen molar-refractivity contribution in [1.82, 2.24) is 9.88 Å². The molecule has 2 aromatic rings. The van der Waals surface area contributed by atoms with E-state index in [-0.39, 0.29) is 17.7 Å². The summed E-state index contributed by atoms with van der Waals surface area (Å²) in [6.45, 7) is 5.36. The molecule has 1 amide bonds. The average molecular weight is 357 g/mol. The zero-order valence-corrected chi connectivity index (χ0v) is 15.9. The van der Waals surface area contributed by atoms with Gasteiger partial charge in [0.05, 0.1) is 31.1 Å². The fourth-order valence-corrected chi connectivity index (χ4v) is 3.62. The van der Waals surface area contributed by atoms with Gasteiger partial charge < -0.3 is 20.1 Å². The van der Waals surface area contributed by atoms with Crippen LogP contribution in [0.4, 0.5) is 5.69 Å². The number of carbonyl (C=O) groups excluding carboxylic acids is 1. The Kier molecular flexibility index (Phi) is 5.20. The van der Waals surface area contributed by atoms with Gasteiger partial charge in [-0.05, 0) is 25.0 Å². The Morgan fingerprint density at radius 3 is 2.58 bits per heavy atom. The van der Waals surface area contributed by atoms with Crippen LogP contribution in [-0.2, 0) is 4.79 Å². The number of pyridine rings is 1. The topological polar surface area (TPSA) is 77.7 Å². The molecule has 0 aliphatic carbocycles. The molecule has 1 saturated heterocycles. The van der Waals surface area contributed by atoms with Gasteiger partial charge >= 0.3 is 0 Å². The van der Waals surface area contributed by atoms with Gasteiger partial charge in [-0.2, -0.15) is 0 Å². The van der Waals surface area contributed by atoms with Crippen molar-refractivity contribution >= 4 is 22.5 Å². The molecule has 1 atom stereocenters. The summed E-state index contributed by atoms with van der Waals surface area (Å²) in [5.74, 6) is 1.65. The van der Waals surface area contributed by atoms with Crippen LogP contribution in [0.25, 0.3) is 10.9 Å². The number of methoxy groups -OCH3 is 2. The number of anilines is 1. The largest absolute Gasteiger partial charge is 0.493 e. The van der Waals surface area contributed by atoms with Gasteiger partial charge in [0.1, 0.15) is 0 Å². The van der Waals surface area contributed by atoms with Crippen molar-refractivity contribution < 1.29 is 14.3 Å². The number of piperidine rings is 1. The van der Waals surface area contributed by atoms with Gasteiger partial charge in [-0.3, -0.25) is 9.78 Å². The van der Waals surface area contributed by atoms with Crippen LogP contribution in [0.3, 0.4) is 0 Å². The molecule has 2 heterocycles. The summed E-state index contributed by atoms with van der Waals surface area (Å²) in [7, 11) is 3.22. The Morgan fingerprint density at radius 1 is 1.23 bits per heavy atom. The maximum absolute atomic E-state index is 12.4. The molecule has 26 heavy (non-hydrogen) atoms. The number of rotatable bonds is 4. The molecule has 0 spiro atoms. The van der Waals surface area contributed by atoms with Crippen LogP contribution in [0.5, 0.6) is 11.5 Å². The number of aromatic nitrogens is 1. The van der Waals surface area contributed by atoms with E-state index in [2.05, 4.69) is 0 Å². The molecule has 1 aliphatic rings. The Labute approximate surface area is 154 Å². The minimum absolute atomic E-state index is 0.00684. The van der Waals surface area contributed by atoms with Gasteiger partial charge in [0.15, 0.2) is 11.5 Å². The van der Waals surface area contributed by atoms with E-state index in [1.54, 1.807) is 14.2 Å². The Hall–Kier alpha value is -2.50. The van der Waals surface area contributed by atoms with Gasteiger partial charge in [-0.15, -0.1) is 0 Å². The molecule has 2 N–H and O–H groups in total. The molecule has 6 nitrogen and oxygen atoms in total. The first-order valence-electron chi connectivity index (χ1n) is 9.05. The second-order valence-electron chi connectivity index (χ2n) is 7.14. The molecule has 6 heteroatoms. The van der Waals surface area contributed by atoms with Crippen molar-refractivity contribution in [2.24, 2.45) is 5.92 Å². The van der Waals surface area contributed by atoms with Crippen molar-refractivity contribution in [3.05, 3.63) is 23.9 Å². The highest BCUT2D eigenvalue weighted by Crippen LogP contribution is 2.36. The monoisotopic (exact) mass is 357 g/mol. The molecule has 140 valence electrons. The van der Waals surface area contributed by atoms with Crippen molar-refractivity contribution in [2.75, 3.05) is 33.0 Å². The van der Waals surface area contributed by atoms with Gasteiger partial charge in [-0.25, -0.2) is 0 Å². The number of hydrogen-bond donors (Lipinski definition) is 1. The van der Waals surface area contributed by atoms with E-state index in [1.165, 1.54) is 0 Å². The van der Waals surface area contributed by atoms with Gasteiger partial charge in [0.2, 0.25) is 5.91 Å². The second kappa shape index (κ2) is 7.40. The summed E-state index contributed by atoms with van der Waals surface area (Å²) in [6.07, 6.45) is 1.95. The fourth-order valence-electron chi connectivity index (χ4n) is 3.62. The smallest absolute Gasteiger partial charge is 0.225 e. The Bertz CT molecular complexity index is 820. The van der Waals surface area contributed by atoms with Crippen molar-refractivity contribution in [3.8, 4) is 11.5 Å². The molecule has 3 rings (SSSR count). The van der Waals surface area contributed by atoms with Gasteiger partial charge in [0, 0.05) is 36.4 Å².